The number of fused-ring (bicyclic) bond motifs is 1. The second-order valence-corrected chi connectivity index (χ2v) is 8.26. The van der Waals surface area contributed by atoms with Gasteiger partial charge in [-0.3, -0.25) is 0 Å². The minimum atomic E-state index is -4.75. The van der Waals surface area contributed by atoms with Crippen molar-refractivity contribution in [3.05, 3.63) is 23.5 Å². The fourth-order valence-corrected chi connectivity index (χ4v) is 3.73. The number of carbonyl (C=O) groups is 1. The van der Waals surface area contributed by atoms with Crippen molar-refractivity contribution in [1.82, 2.24) is 9.88 Å². The quantitative estimate of drug-likeness (QED) is 0.655. The van der Waals surface area contributed by atoms with Gasteiger partial charge in [-0.05, 0) is 26.8 Å². The number of benzene rings is 1. The SMILES string of the molecule is CC(C)(C)OC(=O)N1CCN(c2nc3cc(F)c(C(F)(F)F)cc3s2)CC1. The zero-order valence-electron chi connectivity index (χ0n) is 15.1. The number of hydrogen-bond acceptors (Lipinski definition) is 5. The summed E-state index contributed by atoms with van der Waals surface area (Å²) in [5.41, 5.74) is -1.68. The molecule has 1 amide bonds. The molecule has 0 bridgehead atoms. The molecule has 148 valence electrons. The van der Waals surface area contributed by atoms with Gasteiger partial charge in [0.1, 0.15) is 11.4 Å². The van der Waals surface area contributed by atoms with Crippen LogP contribution in [0.4, 0.5) is 27.5 Å². The van der Waals surface area contributed by atoms with E-state index in [0.717, 1.165) is 23.5 Å². The van der Waals surface area contributed by atoms with Crippen molar-refractivity contribution in [1.29, 1.82) is 0 Å². The number of anilines is 1. The molecular weight excluding hydrogens is 386 g/mol. The second kappa shape index (κ2) is 6.81. The Morgan fingerprint density at radius 3 is 2.33 bits per heavy atom. The van der Waals surface area contributed by atoms with Crippen molar-refractivity contribution in [2.24, 2.45) is 0 Å². The summed E-state index contributed by atoms with van der Waals surface area (Å²) < 4.78 is 57.9. The van der Waals surface area contributed by atoms with E-state index in [1.165, 1.54) is 0 Å². The Bertz CT molecular complexity index is 852. The predicted octanol–water partition coefficient (Wildman–Crippen LogP) is 4.51. The van der Waals surface area contributed by atoms with Crippen molar-refractivity contribution in [2.75, 3.05) is 31.1 Å². The number of thiazole rings is 1. The number of alkyl halides is 3. The Kier molecular flexibility index (Phi) is 4.96. The van der Waals surface area contributed by atoms with Gasteiger partial charge in [0.05, 0.1) is 15.8 Å². The van der Waals surface area contributed by atoms with Crippen LogP contribution in [0.1, 0.15) is 26.3 Å². The van der Waals surface area contributed by atoms with E-state index >= 15 is 0 Å². The largest absolute Gasteiger partial charge is 0.444 e. The highest BCUT2D eigenvalue weighted by Crippen LogP contribution is 2.37. The smallest absolute Gasteiger partial charge is 0.419 e. The van der Waals surface area contributed by atoms with Crippen molar-refractivity contribution in [3.8, 4) is 0 Å². The molecule has 2 aromatic rings. The molecule has 1 fully saturated rings. The van der Waals surface area contributed by atoms with Crippen molar-refractivity contribution >= 4 is 32.8 Å². The highest BCUT2D eigenvalue weighted by atomic mass is 32.1. The normalized spacial score (nSPS) is 16.1. The summed E-state index contributed by atoms with van der Waals surface area (Å²) in [7, 11) is 0. The van der Waals surface area contributed by atoms with Gasteiger partial charge in [0, 0.05) is 32.2 Å². The Morgan fingerprint density at radius 1 is 1.15 bits per heavy atom. The minimum absolute atomic E-state index is 0.190. The summed E-state index contributed by atoms with van der Waals surface area (Å²) in [6, 6.07) is 1.61. The zero-order chi connectivity index (χ0) is 20.0. The fraction of sp³-hybridized carbons (Fsp3) is 0.529. The molecule has 0 unspecified atom stereocenters. The first-order valence-corrected chi connectivity index (χ1v) is 9.16. The van der Waals surface area contributed by atoms with Crippen molar-refractivity contribution in [2.45, 2.75) is 32.5 Å². The zero-order valence-corrected chi connectivity index (χ0v) is 15.9. The fourth-order valence-electron chi connectivity index (χ4n) is 2.70. The van der Waals surface area contributed by atoms with E-state index in [9.17, 15) is 22.4 Å². The maximum absolute atomic E-state index is 13.7. The number of aromatic nitrogens is 1. The summed E-state index contributed by atoms with van der Waals surface area (Å²) in [6.07, 6.45) is -5.15. The Hall–Kier alpha value is -2.10. The number of ether oxygens (including phenoxy) is 1. The molecule has 0 radical (unpaired) electrons. The van der Waals surface area contributed by atoms with Gasteiger partial charge in [-0.2, -0.15) is 13.2 Å². The topological polar surface area (TPSA) is 45.7 Å². The maximum atomic E-state index is 13.7. The van der Waals surface area contributed by atoms with E-state index in [-0.39, 0.29) is 10.2 Å². The van der Waals surface area contributed by atoms with Gasteiger partial charge < -0.3 is 14.5 Å². The summed E-state index contributed by atoms with van der Waals surface area (Å²) >= 11 is 1.08. The van der Waals surface area contributed by atoms with Gasteiger partial charge in [-0.1, -0.05) is 11.3 Å². The van der Waals surface area contributed by atoms with E-state index in [4.69, 9.17) is 4.74 Å². The number of halogens is 4. The van der Waals surface area contributed by atoms with Crippen LogP contribution in [0.25, 0.3) is 10.2 Å². The molecule has 0 spiro atoms. The monoisotopic (exact) mass is 405 g/mol. The molecule has 2 heterocycles. The molecule has 0 aliphatic carbocycles. The van der Waals surface area contributed by atoms with Crippen LogP contribution in [0, 0.1) is 5.82 Å². The molecule has 3 rings (SSSR count). The molecule has 0 N–H and O–H groups in total. The van der Waals surface area contributed by atoms with Gasteiger partial charge in [0.2, 0.25) is 0 Å². The summed E-state index contributed by atoms with van der Waals surface area (Å²) in [5.74, 6) is -1.33. The average molecular weight is 405 g/mol. The number of piperazine rings is 1. The predicted molar refractivity (Wildman–Crippen MR) is 94.6 cm³/mol. The van der Waals surface area contributed by atoms with Crippen LogP contribution in [0.5, 0.6) is 0 Å². The third kappa shape index (κ3) is 4.42. The summed E-state index contributed by atoms with van der Waals surface area (Å²) in [6.45, 7) is 7.12. The van der Waals surface area contributed by atoms with Gasteiger partial charge in [-0.25, -0.2) is 14.2 Å². The first-order valence-electron chi connectivity index (χ1n) is 8.34. The molecule has 1 aromatic heterocycles. The van der Waals surface area contributed by atoms with E-state index < -0.39 is 29.3 Å². The Balaban J connectivity index is 1.73. The number of nitrogens with zero attached hydrogens (tertiary/aromatic N) is 3. The molecule has 1 aliphatic heterocycles. The summed E-state index contributed by atoms with van der Waals surface area (Å²) in [5, 5.41) is 0.507. The first-order chi connectivity index (χ1) is 12.4. The van der Waals surface area contributed by atoms with Gasteiger partial charge in [0.25, 0.3) is 0 Å². The molecule has 1 aromatic carbocycles. The molecule has 27 heavy (non-hydrogen) atoms. The third-order valence-electron chi connectivity index (χ3n) is 3.97. The van der Waals surface area contributed by atoms with Crippen LogP contribution in [0.3, 0.4) is 0 Å². The average Bonchev–Trinajstić information content (AvgIpc) is 2.94. The van der Waals surface area contributed by atoms with Gasteiger partial charge >= 0.3 is 12.3 Å². The van der Waals surface area contributed by atoms with Gasteiger partial charge in [-0.15, -0.1) is 0 Å². The number of amides is 1. The Morgan fingerprint density at radius 2 is 1.78 bits per heavy atom. The van der Waals surface area contributed by atoms with Crippen LogP contribution < -0.4 is 4.90 Å². The lowest BCUT2D eigenvalue weighted by Gasteiger charge is -2.35. The highest BCUT2D eigenvalue weighted by molar-refractivity contribution is 7.22. The lowest BCUT2D eigenvalue weighted by Crippen LogP contribution is -2.50. The Labute approximate surface area is 157 Å². The van der Waals surface area contributed by atoms with Crippen LogP contribution in [-0.2, 0) is 10.9 Å². The van der Waals surface area contributed by atoms with Crippen LogP contribution >= 0.6 is 11.3 Å². The van der Waals surface area contributed by atoms with E-state index in [0.29, 0.717) is 31.3 Å². The maximum Gasteiger partial charge on any atom is 0.419 e. The molecule has 0 atom stereocenters. The molecule has 5 nitrogen and oxygen atoms in total. The number of rotatable bonds is 1. The molecular formula is C17H19F4N3O2S. The summed E-state index contributed by atoms with van der Waals surface area (Å²) in [4.78, 5) is 19.8. The number of carbonyl (C=O) groups excluding carboxylic acids is 1. The van der Waals surface area contributed by atoms with E-state index in [1.807, 2.05) is 4.90 Å². The van der Waals surface area contributed by atoms with Crippen LogP contribution in [0.15, 0.2) is 12.1 Å². The van der Waals surface area contributed by atoms with E-state index in [2.05, 4.69) is 4.98 Å². The highest BCUT2D eigenvalue weighted by Gasteiger charge is 2.35. The second-order valence-electron chi connectivity index (χ2n) is 7.25. The van der Waals surface area contributed by atoms with Crippen LogP contribution in [-0.4, -0.2) is 47.8 Å². The first kappa shape index (κ1) is 19.7. The van der Waals surface area contributed by atoms with E-state index in [1.54, 1.807) is 25.7 Å². The molecule has 0 saturated carbocycles. The van der Waals surface area contributed by atoms with Crippen LogP contribution in [0.2, 0.25) is 0 Å². The van der Waals surface area contributed by atoms with Crippen molar-refractivity contribution < 1.29 is 27.1 Å². The molecule has 1 aliphatic rings. The third-order valence-corrected chi connectivity index (χ3v) is 5.05. The minimum Gasteiger partial charge on any atom is -0.444 e. The molecule has 10 heteroatoms. The lowest BCUT2D eigenvalue weighted by atomic mass is 10.2. The molecule has 1 saturated heterocycles. The van der Waals surface area contributed by atoms with Gasteiger partial charge in [0.15, 0.2) is 5.13 Å². The lowest BCUT2D eigenvalue weighted by molar-refractivity contribution is -0.139. The number of hydrogen-bond donors (Lipinski definition) is 0. The van der Waals surface area contributed by atoms with Crippen molar-refractivity contribution in [3.63, 3.8) is 0 Å². The standard InChI is InChI=1S/C17H19F4N3O2S/c1-16(2,3)26-15(25)24-6-4-23(5-7-24)14-22-12-9-11(18)10(17(19,20)21)8-13(12)27-14/h8-9H,4-7H2,1-3H3.